The molecule has 0 spiro atoms. The van der Waals surface area contributed by atoms with Crippen LogP contribution in [0.4, 0.5) is 26.3 Å². The van der Waals surface area contributed by atoms with Crippen LogP contribution in [0, 0.1) is 11.3 Å². The molecule has 2 amide bonds. The largest absolute Gasteiger partial charge is 0.416 e. The van der Waals surface area contributed by atoms with Gasteiger partial charge in [-0.15, -0.1) is 0 Å². The monoisotopic (exact) mass is 468 g/mol. The summed E-state index contributed by atoms with van der Waals surface area (Å²) >= 11 is 0. The van der Waals surface area contributed by atoms with Gasteiger partial charge in [-0.25, -0.2) is 0 Å². The molecule has 1 aliphatic heterocycles. The van der Waals surface area contributed by atoms with E-state index in [1.165, 1.54) is 4.90 Å². The molecule has 0 aromatic heterocycles. The zero-order valence-corrected chi connectivity index (χ0v) is 17.9. The van der Waals surface area contributed by atoms with Crippen molar-refractivity contribution < 1.29 is 41.0 Å². The molecule has 32 heavy (non-hydrogen) atoms. The third-order valence-electron chi connectivity index (χ3n) is 5.38. The molecule has 0 bridgehead atoms. The maximum atomic E-state index is 13.0. The second-order valence-electron chi connectivity index (χ2n) is 9.04. The van der Waals surface area contributed by atoms with E-state index in [2.05, 4.69) is 5.32 Å². The van der Waals surface area contributed by atoms with Crippen LogP contribution in [-0.2, 0) is 17.1 Å². The van der Waals surface area contributed by atoms with Crippen molar-refractivity contribution in [2.24, 2.45) is 11.3 Å². The van der Waals surface area contributed by atoms with E-state index in [0.29, 0.717) is 38.1 Å². The molecule has 1 saturated heterocycles. The van der Waals surface area contributed by atoms with Gasteiger partial charge in [0, 0.05) is 25.2 Å². The second-order valence-corrected chi connectivity index (χ2v) is 9.04. The van der Waals surface area contributed by atoms with Gasteiger partial charge in [-0.05, 0) is 42.4 Å². The number of nitrogens with one attached hydrogen (secondary N) is 1. The quantitative estimate of drug-likeness (QED) is 0.654. The van der Waals surface area contributed by atoms with Gasteiger partial charge in [0.2, 0.25) is 0 Å². The highest BCUT2D eigenvalue weighted by molar-refractivity contribution is 5.94. The van der Waals surface area contributed by atoms with E-state index in [0.717, 1.165) is 0 Å². The van der Waals surface area contributed by atoms with Gasteiger partial charge in [-0.1, -0.05) is 20.8 Å². The summed E-state index contributed by atoms with van der Waals surface area (Å²) in [4.78, 5) is 26.1. The predicted molar refractivity (Wildman–Crippen MR) is 104 cm³/mol. The summed E-state index contributed by atoms with van der Waals surface area (Å²) in [5.41, 5.74) is -4.46. The fourth-order valence-electron chi connectivity index (χ4n) is 3.33. The third kappa shape index (κ3) is 6.60. The lowest BCUT2D eigenvalue weighted by atomic mass is 9.87. The normalized spacial score (nSPS) is 17.2. The molecule has 0 unspecified atom stereocenters. The van der Waals surface area contributed by atoms with Gasteiger partial charge in [0.25, 0.3) is 11.8 Å². The molecule has 0 aliphatic carbocycles. The maximum Gasteiger partial charge on any atom is 0.416 e. The summed E-state index contributed by atoms with van der Waals surface area (Å²) < 4.78 is 77.8. The summed E-state index contributed by atoms with van der Waals surface area (Å²) in [6, 6.07) is 0.745. The predicted octanol–water partition coefficient (Wildman–Crippen LogP) is 4.10. The van der Waals surface area contributed by atoms with Crippen molar-refractivity contribution in [3.8, 4) is 0 Å². The fraction of sp³-hybridized carbons (Fsp3) is 0.619. The van der Waals surface area contributed by atoms with Crippen LogP contribution >= 0.6 is 0 Å². The average Bonchev–Trinajstić information content (AvgIpc) is 2.69. The van der Waals surface area contributed by atoms with Crippen molar-refractivity contribution in [1.29, 1.82) is 0 Å². The van der Waals surface area contributed by atoms with Crippen LogP contribution in [-0.4, -0.2) is 47.6 Å². The van der Waals surface area contributed by atoms with E-state index < -0.39 is 52.4 Å². The summed E-state index contributed by atoms with van der Waals surface area (Å²) in [6.07, 6.45) is -10.3. The molecule has 1 aliphatic rings. The number of likely N-dealkylation sites (tertiary alicyclic amines) is 1. The number of hydrogen-bond donors (Lipinski definition) is 2. The number of carbonyl (C=O) groups is 2. The Bertz CT molecular complexity index is 805. The van der Waals surface area contributed by atoms with Crippen molar-refractivity contribution >= 4 is 11.8 Å². The first-order valence-electron chi connectivity index (χ1n) is 10.0. The number of halogens is 6. The van der Waals surface area contributed by atoms with Crippen molar-refractivity contribution in [2.75, 3.05) is 19.6 Å². The zero-order chi connectivity index (χ0) is 24.5. The van der Waals surface area contributed by atoms with E-state index in [1.807, 2.05) is 0 Å². The highest BCUT2D eigenvalue weighted by atomic mass is 19.4. The zero-order valence-electron chi connectivity index (χ0n) is 17.9. The van der Waals surface area contributed by atoms with Gasteiger partial charge in [0.15, 0.2) is 0 Å². The molecular weight excluding hydrogens is 442 g/mol. The van der Waals surface area contributed by atoms with E-state index in [9.17, 15) is 41.0 Å². The molecule has 2 rings (SSSR count). The smallest absolute Gasteiger partial charge is 0.383 e. The minimum atomic E-state index is -5.03. The Morgan fingerprint density at radius 2 is 1.47 bits per heavy atom. The summed E-state index contributed by atoms with van der Waals surface area (Å²) in [6.45, 7) is 5.89. The Morgan fingerprint density at radius 1 is 1.00 bits per heavy atom. The average molecular weight is 468 g/mol. The van der Waals surface area contributed by atoms with Crippen LogP contribution in [0.15, 0.2) is 18.2 Å². The number of rotatable bonds is 4. The van der Waals surface area contributed by atoms with Crippen molar-refractivity contribution in [3.63, 3.8) is 0 Å². The third-order valence-corrected chi connectivity index (χ3v) is 5.38. The molecule has 1 atom stereocenters. The Kier molecular flexibility index (Phi) is 7.53. The maximum absolute atomic E-state index is 13.0. The number of carbonyl (C=O) groups excluding carboxylic acids is 2. The highest BCUT2D eigenvalue weighted by Gasteiger charge is 2.38. The lowest BCUT2D eigenvalue weighted by Crippen LogP contribution is -2.49. The van der Waals surface area contributed by atoms with Gasteiger partial charge in [0.05, 0.1) is 11.1 Å². The Labute approximate surface area is 181 Å². The molecular formula is C21H26F6N2O3. The van der Waals surface area contributed by atoms with Gasteiger partial charge in [-0.3, -0.25) is 9.59 Å². The Hall–Kier alpha value is -2.30. The Balaban J connectivity index is 2.00. The first-order valence-corrected chi connectivity index (χ1v) is 10.0. The molecule has 2 N–H and O–H groups in total. The SMILES string of the molecule is CC(C)(C)[C@H](O)C(=O)N1CCC(CNC(=O)c2cc(C(F)(F)F)cc(C(F)(F)F)c2)CC1. The van der Waals surface area contributed by atoms with Crippen molar-refractivity contribution in [2.45, 2.75) is 52.1 Å². The highest BCUT2D eigenvalue weighted by Crippen LogP contribution is 2.36. The number of piperidine rings is 1. The van der Waals surface area contributed by atoms with E-state index >= 15 is 0 Å². The number of amides is 2. The van der Waals surface area contributed by atoms with Crippen molar-refractivity contribution in [1.82, 2.24) is 10.2 Å². The molecule has 0 saturated carbocycles. The number of hydrogen-bond acceptors (Lipinski definition) is 3. The topological polar surface area (TPSA) is 69.6 Å². The van der Waals surface area contributed by atoms with E-state index in [-0.39, 0.29) is 18.5 Å². The van der Waals surface area contributed by atoms with Gasteiger partial charge < -0.3 is 15.3 Å². The number of benzene rings is 1. The molecule has 11 heteroatoms. The molecule has 180 valence electrons. The van der Waals surface area contributed by atoms with Gasteiger partial charge in [0.1, 0.15) is 6.10 Å². The van der Waals surface area contributed by atoms with Crippen LogP contribution in [0.2, 0.25) is 0 Å². The van der Waals surface area contributed by atoms with Gasteiger partial charge >= 0.3 is 12.4 Å². The van der Waals surface area contributed by atoms with E-state index in [4.69, 9.17) is 0 Å². The molecule has 0 radical (unpaired) electrons. The molecule has 1 aromatic rings. The summed E-state index contributed by atoms with van der Waals surface area (Å²) in [7, 11) is 0. The lowest BCUT2D eigenvalue weighted by Gasteiger charge is -2.36. The lowest BCUT2D eigenvalue weighted by molar-refractivity contribution is -0.147. The Morgan fingerprint density at radius 3 is 1.88 bits per heavy atom. The first kappa shape index (κ1) is 26.0. The number of aliphatic hydroxyl groups excluding tert-OH is 1. The molecule has 1 heterocycles. The summed E-state index contributed by atoms with van der Waals surface area (Å²) in [5.74, 6) is -1.55. The first-order chi connectivity index (χ1) is 14.5. The van der Waals surface area contributed by atoms with E-state index in [1.54, 1.807) is 20.8 Å². The minimum Gasteiger partial charge on any atom is -0.383 e. The summed E-state index contributed by atoms with van der Waals surface area (Å²) in [5, 5.41) is 12.5. The number of alkyl halides is 6. The standard InChI is InChI=1S/C21H26F6N2O3/c1-19(2,3)16(30)18(32)29-6-4-12(5-7-29)11-28-17(31)13-8-14(20(22,23)24)10-15(9-13)21(25,26)27/h8-10,12,16,30H,4-7,11H2,1-3H3,(H,28,31)/t16-/m1/s1. The molecule has 1 aromatic carbocycles. The molecule has 1 fully saturated rings. The minimum absolute atomic E-state index is 0.0322. The van der Waals surface area contributed by atoms with Crippen LogP contribution < -0.4 is 5.32 Å². The van der Waals surface area contributed by atoms with Crippen LogP contribution in [0.5, 0.6) is 0 Å². The number of nitrogens with zero attached hydrogens (tertiary/aromatic N) is 1. The van der Waals surface area contributed by atoms with Crippen molar-refractivity contribution in [3.05, 3.63) is 34.9 Å². The van der Waals surface area contributed by atoms with Crippen LogP contribution in [0.3, 0.4) is 0 Å². The fourth-order valence-corrected chi connectivity index (χ4v) is 3.33. The number of aliphatic hydroxyl groups is 1. The van der Waals surface area contributed by atoms with Crippen LogP contribution in [0.1, 0.15) is 55.1 Å². The van der Waals surface area contributed by atoms with Crippen LogP contribution in [0.25, 0.3) is 0 Å². The van der Waals surface area contributed by atoms with Gasteiger partial charge in [-0.2, -0.15) is 26.3 Å². The second kappa shape index (κ2) is 9.29. The molecule has 5 nitrogen and oxygen atoms in total.